The molecule has 0 radical (unpaired) electrons. The van der Waals surface area contributed by atoms with E-state index in [9.17, 15) is 5.11 Å². The molecule has 2 aliphatic carbocycles. The number of unbranched alkanes of at least 4 members (excludes halogenated alkanes) is 2. The maximum Gasteiger partial charge on any atom is 0.0647 e. The molecule has 1 N–H and O–H groups in total. The van der Waals surface area contributed by atoms with Crippen LogP contribution in [0.3, 0.4) is 0 Å². The van der Waals surface area contributed by atoms with Gasteiger partial charge in [0.05, 0.1) is 6.10 Å². The van der Waals surface area contributed by atoms with E-state index in [2.05, 4.69) is 27.7 Å². The van der Waals surface area contributed by atoms with E-state index in [1.165, 1.54) is 38.5 Å². The minimum absolute atomic E-state index is 0.0765. The highest BCUT2D eigenvalue weighted by Crippen LogP contribution is 2.65. The van der Waals surface area contributed by atoms with Crippen molar-refractivity contribution >= 4 is 0 Å². The Kier molecular flexibility index (Phi) is 3.11. The van der Waals surface area contributed by atoms with Gasteiger partial charge in [-0.1, -0.05) is 53.4 Å². The summed E-state index contributed by atoms with van der Waals surface area (Å²) in [7, 11) is 0. The van der Waals surface area contributed by atoms with Crippen LogP contribution in [0, 0.1) is 22.7 Å². The van der Waals surface area contributed by atoms with Gasteiger partial charge in [0.1, 0.15) is 0 Å². The molecule has 2 bridgehead atoms. The summed E-state index contributed by atoms with van der Waals surface area (Å²) in [5.41, 5.74) is 0.384. The van der Waals surface area contributed by atoms with Crippen LogP contribution >= 0.6 is 0 Å². The summed E-state index contributed by atoms with van der Waals surface area (Å²) in [6, 6.07) is 0. The summed E-state index contributed by atoms with van der Waals surface area (Å²) in [4.78, 5) is 0. The zero-order valence-corrected chi connectivity index (χ0v) is 11.4. The van der Waals surface area contributed by atoms with E-state index in [-0.39, 0.29) is 16.9 Å². The molecule has 0 aromatic heterocycles. The number of fused-ring (bicyclic) bond motifs is 2. The third kappa shape index (κ3) is 1.72. The number of aliphatic hydroxyl groups is 1. The van der Waals surface area contributed by atoms with Crippen molar-refractivity contribution in [2.45, 2.75) is 72.3 Å². The molecule has 4 atom stereocenters. The zero-order valence-electron chi connectivity index (χ0n) is 11.4. The monoisotopic (exact) mass is 224 g/mol. The van der Waals surface area contributed by atoms with E-state index in [1.807, 2.05) is 0 Å². The highest BCUT2D eigenvalue weighted by Gasteiger charge is 2.62. The summed E-state index contributed by atoms with van der Waals surface area (Å²) >= 11 is 0. The van der Waals surface area contributed by atoms with Gasteiger partial charge in [0.2, 0.25) is 0 Å². The van der Waals surface area contributed by atoms with Crippen molar-refractivity contribution in [3.8, 4) is 0 Å². The first-order valence-electron chi connectivity index (χ1n) is 7.10. The maximum absolute atomic E-state index is 10.4. The molecule has 94 valence electrons. The van der Waals surface area contributed by atoms with E-state index in [0.29, 0.717) is 0 Å². The average Bonchev–Trinajstić information content (AvgIpc) is 2.63. The van der Waals surface area contributed by atoms with Crippen molar-refractivity contribution < 1.29 is 5.11 Å². The van der Waals surface area contributed by atoms with Crippen molar-refractivity contribution in [1.29, 1.82) is 0 Å². The standard InChI is InChI=1S/C15H28O/c1-5-6-7-8-11-9-15(4)10-12(11)14(2,3)13(15)16/h11-13,16H,5-10H2,1-4H3/t11?,12-,13+,15+/m0/s1. The Labute approximate surface area is 101 Å². The minimum Gasteiger partial charge on any atom is -0.392 e. The first kappa shape index (κ1) is 12.4. The molecule has 2 rings (SSSR count). The van der Waals surface area contributed by atoms with Crippen molar-refractivity contribution in [2.24, 2.45) is 22.7 Å². The van der Waals surface area contributed by atoms with Gasteiger partial charge in [0, 0.05) is 0 Å². The van der Waals surface area contributed by atoms with E-state index < -0.39 is 0 Å². The van der Waals surface area contributed by atoms with Gasteiger partial charge in [0.25, 0.3) is 0 Å². The van der Waals surface area contributed by atoms with E-state index in [1.54, 1.807) is 0 Å². The predicted octanol–water partition coefficient (Wildman–Crippen LogP) is 4.00. The largest absolute Gasteiger partial charge is 0.392 e. The summed E-state index contributed by atoms with van der Waals surface area (Å²) in [5.74, 6) is 1.65. The Balaban J connectivity index is 2.01. The van der Waals surface area contributed by atoms with Crippen LogP contribution in [0.5, 0.6) is 0 Å². The Morgan fingerprint density at radius 1 is 1.12 bits per heavy atom. The van der Waals surface area contributed by atoms with Crippen molar-refractivity contribution in [3.05, 3.63) is 0 Å². The number of hydrogen-bond acceptors (Lipinski definition) is 1. The second kappa shape index (κ2) is 4.01. The van der Waals surface area contributed by atoms with Crippen LogP contribution in [-0.2, 0) is 0 Å². The fourth-order valence-electron chi connectivity index (χ4n) is 4.65. The Morgan fingerprint density at radius 3 is 2.31 bits per heavy atom. The fourth-order valence-corrected chi connectivity index (χ4v) is 4.65. The van der Waals surface area contributed by atoms with Gasteiger partial charge in [0.15, 0.2) is 0 Å². The molecule has 0 saturated heterocycles. The molecular weight excluding hydrogens is 196 g/mol. The molecular formula is C15H28O. The van der Waals surface area contributed by atoms with Gasteiger partial charge in [-0.15, -0.1) is 0 Å². The molecule has 0 amide bonds. The van der Waals surface area contributed by atoms with Crippen LogP contribution in [0.1, 0.15) is 66.2 Å². The Morgan fingerprint density at radius 2 is 1.81 bits per heavy atom. The summed E-state index contributed by atoms with van der Waals surface area (Å²) in [6.07, 6.45) is 7.94. The van der Waals surface area contributed by atoms with E-state index in [0.717, 1.165) is 11.8 Å². The molecule has 2 fully saturated rings. The van der Waals surface area contributed by atoms with Gasteiger partial charge in [-0.2, -0.15) is 0 Å². The predicted molar refractivity (Wildman–Crippen MR) is 68.3 cm³/mol. The smallest absolute Gasteiger partial charge is 0.0647 e. The van der Waals surface area contributed by atoms with Crippen molar-refractivity contribution in [2.75, 3.05) is 0 Å². The lowest BCUT2D eigenvalue weighted by molar-refractivity contribution is -0.0546. The highest BCUT2D eigenvalue weighted by molar-refractivity contribution is 5.11. The van der Waals surface area contributed by atoms with Crippen molar-refractivity contribution in [1.82, 2.24) is 0 Å². The van der Waals surface area contributed by atoms with E-state index >= 15 is 0 Å². The molecule has 2 aliphatic rings. The highest BCUT2D eigenvalue weighted by atomic mass is 16.3. The number of aliphatic hydroxyl groups excluding tert-OH is 1. The van der Waals surface area contributed by atoms with Crippen LogP contribution in [0.4, 0.5) is 0 Å². The maximum atomic E-state index is 10.4. The van der Waals surface area contributed by atoms with Gasteiger partial charge in [-0.3, -0.25) is 0 Å². The van der Waals surface area contributed by atoms with E-state index in [4.69, 9.17) is 0 Å². The van der Waals surface area contributed by atoms with Gasteiger partial charge in [-0.25, -0.2) is 0 Å². The summed E-state index contributed by atoms with van der Waals surface area (Å²) in [6.45, 7) is 9.13. The quantitative estimate of drug-likeness (QED) is 0.716. The number of rotatable bonds is 4. The SMILES string of the molecule is CCCCCC1C[C@]2(C)C[C@@H]1C(C)(C)[C@H]2O. The average molecular weight is 224 g/mol. The molecule has 0 aromatic carbocycles. The van der Waals surface area contributed by atoms with Crippen LogP contribution in [-0.4, -0.2) is 11.2 Å². The molecule has 1 unspecified atom stereocenters. The van der Waals surface area contributed by atoms with Crippen LogP contribution in [0.15, 0.2) is 0 Å². The molecule has 0 spiro atoms. The first-order chi connectivity index (χ1) is 7.42. The summed E-state index contributed by atoms with van der Waals surface area (Å²) in [5, 5.41) is 10.4. The van der Waals surface area contributed by atoms with Gasteiger partial charge >= 0.3 is 0 Å². The number of hydrogen-bond donors (Lipinski definition) is 1. The fraction of sp³-hybridized carbons (Fsp3) is 1.00. The van der Waals surface area contributed by atoms with Gasteiger partial charge in [-0.05, 0) is 35.5 Å². The molecule has 0 heterocycles. The van der Waals surface area contributed by atoms with Crippen molar-refractivity contribution in [3.63, 3.8) is 0 Å². The zero-order chi connectivity index (χ0) is 12.0. The first-order valence-corrected chi connectivity index (χ1v) is 7.10. The molecule has 16 heavy (non-hydrogen) atoms. The third-order valence-corrected chi connectivity index (χ3v) is 5.48. The Hall–Kier alpha value is -0.0400. The molecule has 0 aliphatic heterocycles. The lowest BCUT2D eigenvalue weighted by Gasteiger charge is -2.43. The van der Waals surface area contributed by atoms with Crippen LogP contribution < -0.4 is 0 Å². The molecule has 1 heteroatoms. The van der Waals surface area contributed by atoms with Crippen LogP contribution in [0.25, 0.3) is 0 Å². The summed E-state index contributed by atoms with van der Waals surface area (Å²) < 4.78 is 0. The minimum atomic E-state index is -0.0765. The van der Waals surface area contributed by atoms with Crippen LogP contribution in [0.2, 0.25) is 0 Å². The lowest BCUT2D eigenvalue weighted by Crippen LogP contribution is -2.43. The topological polar surface area (TPSA) is 20.2 Å². The third-order valence-electron chi connectivity index (χ3n) is 5.48. The lowest BCUT2D eigenvalue weighted by atomic mass is 9.65. The van der Waals surface area contributed by atoms with Gasteiger partial charge < -0.3 is 5.11 Å². The molecule has 1 nitrogen and oxygen atoms in total. The molecule has 2 saturated carbocycles. The second-order valence-corrected chi connectivity index (χ2v) is 7.15. The molecule has 0 aromatic rings. The Bertz CT molecular complexity index is 253. The normalized spacial score (nSPS) is 45.2. The second-order valence-electron chi connectivity index (χ2n) is 7.15.